The summed E-state index contributed by atoms with van der Waals surface area (Å²) in [5.41, 5.74) is 2.69. The quantitative estimate of drug-likeness (QED) is 0.150. The Hall–Kier alpha value is -6.18. The fraction of sp³-hybridized carbons (Fsp3) is 0. The van der Waals surface area contributed by atoms with Crippen LogP contribution in [0.4, 0.5) is 0 Å². The minimum absolute atomic E-state index is 0.172. The third-order valence-electron chi connectivity index (χ3n) is 8.13. The first kappa shape index (κ1) is 30.8. The van der Waals surface area contributed by atoms with E-state index >= 15 is 0 Å². The largest absolute Gasteiger partial charge is 0.507 e. The van der Waals surface area contributed by atoms with Crippen molar-refractivity contribution in [3.05, 3.63) is 146 Å². The Morgan fingerprint density at radius 2 is 0.489 bits per heavy atom. The molecular formula is C40H28O6S. The highest BCUT2D eigenvalue weighted by Gasteiger charge is 2.17. The van der Waals surface area contributed by atoms with E-state index in [0.717, 1.165) is 43.1 Å². The molecule has 0 aliphatic rings. The van der Waals surface area contributed by atoms with Crippen molar-refractivity contribution in [3.63, 3.8) is 0 Å². The smallest absolute Gasteiger partial charge is 0.335 e. The van der Waals surface area contributed by atoms with Gasteiger partial charge in [-0.3, -0.25) is 0 Å². The van der Waals surface area contributed by atoms with Gasteiger partial charge in [-0.25, -0.2) is 0 Å². The molecule has 0 heterocycles. The molecule has 4 N–H and O–H groups in total. The number of phenolic OH excluding ortho intramolecular Hbond substituents is 4. The van der Waals surface area contributed by atoms with E-state index in [4.69, 9.17) is 8.42 Å². The van der Waals surface area contributed by atoms with E-state index in [0.29, 0.717) is 22.3 Å². The Labute approximate surface area is 273 Å². The van der Waals surface area contributed by atoms with E-state index in [-0.39, 0.29) is 23.0 Å². The topological polar surface area (TPSA) is 115 Å². The van der Waals surface area contributed by atoms with Crippen molar-refractivity contribution in [1.82, 2.24) is 0 Å². The second kappa shape index (κ2) is 13.4. The highest BCUT2D eigenvalue weighted by Crippen LogP contribution is 2.45. The van der Waals surface area contributed by atoms with Crippen LogP contribution in [0.1, 0.15) is 0 Å². The van der Waals surface area contributed by atoms with E-state index in [1.807, 2.05) is 121 Å². The first-order valence-corrected chi connectivity index (χ1v) is 15.3. The van der Waals surface area contributed by atoms with E-state index in [2.05, 4.69) is 0 Å². The SMILES string of the molecule is O=S=O.Oc1ccc2ccccc2c1-c1c(O)ccc2ccccc12.Oc1ccc2ccccc2c1-c1c(O)ccc2ccccc12. The minimum Gasteiger partial charge on any atom is -0.507 e. The van der Waals surface area contributed by atoms with Crippen molar-refractivity contribution >= 4 is 54.7 Å². The van der Waals surface area contributed by atoms with Gasteiger partial charge in [-0.15, -0.1) is 0 Å². The number of rotatable bonds is 2. The summed E-state index contributed by atoms with van der Waals surface area (Å²) in [6.45, 7) is 0. The highest BCUT2D eigenvalue weighted by molar-refractivity contribution is 7.51. The lowest BCUT2D eigenvalue weighted by Crippen LogP contribution is -1.86. The molecule has 8 rings (SSSR count). The molecule has 0 saturated carbocycles. The fourth-order valence-electron chi connectivity index (χ4n) is 6.09. The summed E-state index contributed by atoms with van der Waals surface area (Å²) in [5, 5.41) is 49.6. The number of fused-ring (bicyclic) bond motifs is 4. The molecular weight excluding hydrogens is 609 g/mol. The monoisotopic (exact) mass is 636 g/mol. The third-order valence-corrected chi connectivity index (χ3v) is 8.13. The Balaban J connectivity index is 0.000000152. The van der Waals surface area contributed by atoms with Gasteiger partial charge in [0.1, 0.15) is 23.0 Å². The number of hydrogen-bond donors (Lipinski definition) is 4. The number of aromatic hydroxyl groups is 4. The molecule has 8 aromatic rings. The van der Waals surface area contributed by atoms with Gasteiger partial charge >= 0.3 is 11.6 Å². The maximum atomic E-state index is 10.4. The van der Waals surface area contributed by atoms with Crippen LogP contribution in [0.15, 0.2) is 146 Å². The standard InChI is InChI=1S/2C20H14O2.O2S/c2*21-17-11-9-13-5-1-3-7-15(13)19(17)20-16-8-4-2-6-14(16)10-12-18(20)22;1-3-2/h2*1-12,21-22H;. The summed E-state index contributed by atoms with van der Waals surface area (Å²) in [6.07, 6.45) is 0. The lowest BCUT2D eigenvalue weighted by Gasteiger charge is -2.14. The molecule has 8 aromatic carbocycles. The molecule has 47 heavy (non-hydrogen) atoms. The molecule has 0 aliphatic carbocycles. The molecule has 0 unspecified atom stereocenters. The average Bonchev–Trinajstić information content (AvgIpc) is 3.10. The van der Waals surface area contributed by atoms with E-state index in [1.54, 1.807) is 24.3 Å². The number of phenols is 4. The van der Waals surface area contributed by atoms with E-state index in [1.165, 1.54) is 0 Å². The molecule has 0 bridgehead atoms. The summed E-state index contributed by atoms with van der Waals surface area (Å²) < 4.78 is 16.6. The molecule has 6 nitrogen and oxygen atoms in total. The lowest BCUT2D eigenvalue weighted by atomic mass is 9.92. The molecule has 0 amide bonds. The van der Waals surface area contributed by atoms with Crippen LogP contribution in [-0.2, 0) is 11.6 Å². The molecule has 230 valence electrons. The minimum atomic E-state index is -0.750. The Bertz CT molecular complexity index is 2120. The van der Waals surface area contributed by atoms with Crippen molar-refractivity contribution in [2.75, 3.05) is 0 Å². The zero-order valence-electron chi connectivity index (χ0n) is 24.9. The molecule has 0 fully saturated rings. The van der Waals surface area contributed by atoms with E-state index < -0.39 is 11.6 Å². The van der Waals surface area contributed by atoms with Crippen LogP contribution in [0.3, 0.4) is 0 Å². The summed E-state index contributed by atoms with van der Waals surface area (Å²) >= 11 is -0.750. The van der Waals surface area contributed by atoms with Crippen molar-refractivity contribution < 1.29 is 28.8 Å². The van der Waals surface area contributed by atoms with Gasteiger partial charge in [0.2, 0.25) is 0 Å². The maximum Gasteiger partial charge on any atom is 0.335 e. The van der Waals surface area contributed by atoms with Crippen LogP contribution in [0.25, 0.3) is 65.3 Å². The molecule has 0 radical (unpaired) electrons. The van der Waals surface area contributed by atoms with Crippen LogP contribution in [0.2, 0.25) is 0 Å². The molecule has 0 saturated heterocycles. The van der Waals surface area contributed by atoms with Crippen LogP contribution in [-0.4, -0.2) is 28.8 Å². The van der Waals surface area contributed by atoms with Crippen LogP contribution in [0.5, 0.6) is 23.0 Å². The van der Waals surface area contributed by atoms with Crippen molar-refractivity contribution in [1.29, 1.82) is 0 Å². The second-order valence-electron chi connectivity index (χ2n) is 10.8. The van der Waals surface area contributed by atoms with Gasteiger partial charge in [-0.05, 0) is 67.4 Å². The Morgan fingerprint density at radius 1 is 0.298 bits per heavy atom. The van der Waals surface area contributed by atoms with Crippen LogP contribution >= 0.6 is 0 Å². The van der Waals surface area contributed by atoms with Crippen LogP contribution < -0.4 is 0 Å². The van der Waals surface area contributed by atoms with E-state index in [9.17, 15) is 20.4 Å². The number of benzene rings is 8. The Morgan fingerprint density at radius 3 is 0.702 bits per heavy atom. The summed E-state index contributed by atoms with van der Waals surface area (Å²) in [7, 11) is 0. The molecule has 0 aromatic heterocycles. The van der Waals surface area contributed by atoms with Crippen molar-refractivity contribution in [3.8, 4) is 45.3 Å². The maximum absolute atomic E-state index is 10.4. The normalized spacial score (nSPS) is 10.6. The predicted molar refractivity (Wildman–Crippen MR) is 189 cm³/mol. The highest BCUT2D eigenvalue weighted by atomic mass is 32.1. The summed E-state index contributed by atoms with van der Waals surface area (Å²) in [5.74, 6) is 0.686. The van der Waals surface area contributed by atoms with Gasteiger partial charge in [0.15, 0.2) is 0 Å². The van der Waals surface area contributed by atoms with Gasteiger partial charge < -0.3 is 20.4 Å². The molecule has 0 atom stereocenters. The van der Waals surface area contributed by atoms with Gasteiger partial charge in [0.05, 0.1) is 0 Å². The first-order chi connectivity index (χ1) is 22.9. The predicted octanol–water partition coefficient (Wildman–Crippen LogP) is 9.47. The van der Waals surface area contributed by atoms with Gasteiger partial charge in [-0.2, -0.15) is 8.42 Å². The molecule has 0 spiro atoms. The zero-order valence-corrected chi connectivity index (χ0v) is 25.7. The second-order valence-corrected chi connectivity index (χ2v) is 10.9. The zero-order chi connectivity index (χ0) is 32.9. The van der Waals surface area contributed by atoms with Gasteiger partial charge in [0, 0.05) is 22.3 Å². The Kier molecular flexibility index (Phi) is 8.82. The van der Waals surface area contributed by atoms with Crippen molar-refractivity contribution in [2.45, 2.75) is 0 Å². The summed E-state index contributed by atoms with van der Waals surface area (Å²) in [4.78, 5) is 0. The first-order valence-electron chi connectivity index (χ1n) is 14.7. The van der Waals surface area contributed by atoms with Crippen molar-refractivity contribution in [2.24, 2.45) is 0 Å². The fourth-order valence-corrected chi connectivity index (χ4v) is 6.09. The van der Waals surface area contributed by atoms with Gasteiger partial charge in [-0.1, -0.05) is 121 Å². The lowest BCUT2D eigenvalue weighted by molar-refractivity contribution is 0.470. The summed E-state index contributed by atoms with van der Waals surface area (Å²) in [6, 6.07) is 45.7. The molecule has 0 aliphatic heterocycles. The third kappa shape index (κ3) is 5.95. The molecule has 7 heteroatoms. The van der Waals surface area contributed by atoms with Gasteiger partial charge in [0.25, 0.3) is 0 Å². The average molecular weight is 637 g/mol. The number of hydrogen-bond acceptors (Lipinski definition) is 6. The van der Waals surface area contributed by atoms with Crippen LogP contribution in [0, 0.1) is 0 Å².